The number of carbonyl (C=O) groups is 1. The molecule has 8 nitrogen and oxygen atoms in total. The second-order valence-corrected chi connectivity index (χ2v) is 4.39. The number of hydrogen-bond acceptors (Lipinski definition) is 6. The summed E-state index contributed by atoms with van der Waals surface area (Å²) in [5.41, 5.74) is 0.104. The number of nitro benzene ring substituents is 1. The van der Waals surface area contributed by atoms with Gasteiger partial charge in [-0.25, -0.2) is 4.98 Å². The average molecular weight is 291 g/mol. The third-order valence-electron chi connectivity index (χ3n) is 2.89. The molecule has 0 spiro atoms. The monoisotopic (exact) mass is 291 g/mol. The van der Waals surface area contributed by atoms with Crippen LogP contribution in [-0.2, 0) is 6.54 Å². The van der Waals surface area contributed by atoms with E-state index in [4.69, 9.17) is 4.42 Å². The van der Waals surface area contributed by atoms with Crippen LogP contribution in [0.25, 0.3) is 0 Å². The van der Waals surface area contributed by atoms with Crippen LogP contribution >= 0.6 is 0 Å². The number of rotatable bonds is 4. The van der Waals surface area contributed by atoms with E-state index in [1.54, 1.807) is 13.8 Å². The molecule has 0 saturated heterocycles. The van der Waals surface area contributed by atoms with Crippen LogP contribution in [0, 0.1) is 24.0 Å². The predicted octanol–water partition coefficient (Wildman–Crippen LogP) is 1.84. The number of nitro groups is 1. The highest BCUT2D eigenvalue weighted by atomic mass is 16.6. The average Bonchev–Trinajstić information content (AvgIpc) is 2.74. The largest absolute Gasteiger partial charge is 0.508 e. The van der Waals surface area contributed by atoms with Crippen LogP contribution in [0.3, 0.4) is 0 Å². The van der Waals surface area contributed by atoms with E-state index in [2.05, 4.69) is 10.3 Å². The number of aryl methyl sites for hydroxylation is 2. The molecule has 0 aliphatic heterocycles. The SMILES string of the molecule is Cc1nc(CNC(=O)c2cc(O)ccc2[N+](=O)[O-])oc1C. The van der Waals surface area contributed by atoms with Crippen LogP contribution in [0.4, 0.5) is 5.69 Å². The summed E-state index contributed by atoms with van der Waals surface area (Å²) < 4.78 is 5.29. The zero-order chi connectivity index (χ0) is 15.6. The molecular formula is C13H13N3O5. The molecule has 1 heterocycles. The Labute approximate surface area is 119 Å². The summed E-state index contributed by atoms with van der Waals surface area (Å²) in [4.78, 5) is 26.3. The van der Waals surface area contributed by atoms with Crippen molar-refractivity contribution in [3.05, 3.63) is 51.2 Å². The molecule has 1 amide bonds. The first-order chi connectivity index (χ1) is 9.88. The Morgan fingerprint density at radius 1 is 1.48 bits per heavy atom. The van der Waals surface area contributed by atoms with Crippen molar-refractivity contribution >= 4 is 11.6 Å². The Morgan fingerprint density at radius 3 is 2.76 bits per heavy atom. The Kier molecular flexibility index (Phi) is 3.88. The van der Waals surface area contributed by atoms with Crippen LogP contribution in [-0.4, -0.2) is 20.9 Å². The van der Waals surface area contributed by atoms with E-state index >= 15 is 0 Å². The summed E-state index contributed by atoms with van der Waals surface area (Å²) >= 11 is 0. The lowest BCUT2D eigenvalue weighted by Gasteiger charge is -2.04. The Bertz CT molecular complexity index is 688. The number of oxazole rings is 1. The second kappa shape index (κ2) is 5.61. The zero-order valence-electron chi connectivity index (χ0n) is 11.4. The maximum Gasteiger partial charge on any atom is 0.282 e. The van der Waals surface area contributed by atoms with E-state index < -0.39 is 10.8 Å². The van der Waals surface area contributed by atoms with E-state index in [9.17, 15) is 20.0 Å². The van der Waals surface area contributed by atoms with Gasteiger partial charge in [-0.1, -0.05) is 0 Å². The van der Waals surface area contributed by atoms with Gasteiger partial charge in [0.1, 0.15) is 17.1 Å². The van der Waals surface area contributed by atoms with Gasteiger partial charge >= 0.3 is 0 Å². The molecule has 0 fully saturated rings. The number of phenols is 1. The number of benzene rings is 1. The maximum atomic E-state index is 12.0. The molecular weight excluding hydrogens is 278 g/mol. The fraction of sp³-hybridized carbons (Fsp3) is 0.231. The van der Waals surface area contributed by atoms with Crippen molar-refractivity contribution in [2.45, 2.75) is 20.4 Å². The van der Waals surface area contributed by atoms with Crippen molar-refractivity contribution < 1.29 is 19.2 Å². The highest BCUT2D eigenvalue weighted by Gasteiger charge is 2.21. The number of hydrogen-bond donors (Lipinski definition) is 2. The minimum absolute atomic E-state index is 0.000321. The van der Waals surface area contributed by atoms with Gasteiger partial charge in [-0.3, -0.25) is 14.9 Å². The Balaban J connectivity index is 2.16. The van der Waals surface area contributed by atoms with E-state index in [0.717, 1.165) is 18.2 Å². The van der Waals surface area contributed by atoms with Gasteiger partial charge < -0.3 is 14.8 Å². The van der Waals surface area contributed by atoms with Crippen LogP contribution in [0.2, 0.25) is 0 Å². The minimum atomic E-state index is -0.689. The standard InChI is InChI=1S/C13H13N3O5/c1-7-8(2)21-12(15-7)6-14-13(18)10-5-9(17)3-4-11(10)16(19)20/h3-5,17H,6H2,1-2H3,(H,14,18). The summed E-state index contributed by atoms with van der Waals surface area (Å²) in [5, 5.41) is 22.7. The number of nitrogens with zero attached hydrogens (tertiary/aromatic N) is 2. The zero-order valence-corrected chi connectivity index (χ0v) is 11.4. The molecule has 2 aromatic rings. The second-order valence-electron chi connectivity index (χ2n) is 4.39. The smallest absolute Gasteiger partial charge is 0.282 e. The lowest BCUT2D eigenvalue weighted by atomic mass is 10.1. The molecule has 110 valence electrons. The molecule has 0 unspecified atom stereocenters. The first-order valence-corrected chi connectivity index (χ1v) is 6.07. The van der Waals surface area contributed by atoms with Crippen LogP contribution in [0.15, 0.2) is 22.6 Å². The lowest BCUT2D eigenvalue weighted by molar-refractivity contribution is -0.385. The molecule has 2 N–H and O–H groups in total. The molecule has 0 aliphatic rings. The summed E-state index contributed by atoms with van der Waals surface area (Å²) in [6.45, 7) is 3.51. The van der Waals surface area contributed by atoms with Crippen LogP contribution < -0.4 is 5.32 Å². The van der Waals surface area contributed by atoms with Crippen LogP contribution in [0.5, 0.6) is 5.75 Å². The molecule has 0 saturated carbocycles. The van der Waals surface area contributed by atoms with Gasteiger partial charge in [0.25, 0.3) is 11.6 Å². The van der Waals surface area contributed by atoms with Crippen molar-refractivity contribution in [3.8, 4) is 5.75 Å². The molecule has 1 aromatic carbocycles. The van der Waals surface area contributed by atoms with E-state index in [0.29, 0.717) is 17.3 Å². The van der Waals surface area contributed by atoms with Gasteiger partial charge in [0.2, 0.25) is 5.89 Å². The van der Waals surface area contributed by atoms with Crippen molar-refractivity contribution in [3.63, 3.8) is 0 Å². The van der Waals surface area contributed by atoms with Gasteiger partial charge in [-0.05, 0) is 26.0 Å². The third-order valence-corrected chi connectivity index (χ3v) is 2.89. The summed E-state index contributed by atoms with van der Waals surface area (Å²) in [6, 6.07) is 3.26. The molecule has 0 atom stereocenters. The molecule has 8 heteroatoms. The molecule has 21 heavy (non-hydrogen) atoms. The van der Waals surface area contributed by atoms with Crippen molar-refractivity contribution in [2.24, 2.45) is 0 Å². The number of amides is 1. The lowest BCUT2D eigenvalue weighted by Crippen LogP contribution is -2.23. The fourth-order valence-corrected chi connectivity index (χ4v) is 1.73. The maximum absolute atomic E-state index is 12.0. The summed E-state index contributed by atoms with van der Waals surface area (Å²) in [7, 11) is 0. The molecule has 0 aliphatic carbocycles. The first-order valence-electron chi connectivity index (χ1n) is 6.07. The number of aromatic nitrogens is 1. The van der Waals surface area contributed by atoms with E-state index in [1.807, 2.05) is 0 Å². The quantitative estimate of drug-likeness (QED) is 0.655. The number of nitrogens with one attached hydrogen (secondary N) is 1. The van der Waals surface area contributed by atoms with Crippen molar-refractivity contribution in [1.29, 1.82) is 0 Å². The molecule has 0 radical (unpaired) electrons. The van der Waals surface area contributed by atoms with Gasteiger partial charge in [0, 0.05) is 6.07 Å². The van der Waals surface area contributed by atoms with Crippen molar-refractivity contribution in [1.82, 2.24) is 10.3 Å². The third kappa shape index (κ3) is 3.16. The number of carbonyl (C=O) groups excluding carboxylic acids is 1. The molecule has 1 aromatic heterocycles. The van der Waals surface area contributed by atoms with Gasteiger partial charge in [-0.2, -0.15) is 0 Å². The minimum Gasteiger partial charge on any atom is -0.508 e. The number of phenolic OH excluding ortho intramolecular Hbond substituents is 1. The van der Waals surface area contributed by atoms with Crippen molar-refractivity contribution in [2.75, 3.05) is 0 Å². The van der Waals surface area contributed by atoms with Gasteiger partial charge in [0.05, 0.1) is 17.2 Å². The van der Waals surface area contributed by atoms with Crippen LogP contribution in [0.1, 0.15) is 27.7 Å². The van der Waals surface area contributed by atoms with Gasteiger partial charge in [-0.15, -0.1) is 0 Å². The first kappa shape index (κ1) is 14.5. The highest BCUT2D eigenvalue weighted by Crippen LogP contribution is 2.23. The summed E-state index contributed by atoms with van der Waals surface area (Å²) in [6.07, 6.45) is 0. The predicted molar refractivity (Wildman–Crippen MR) is 71.9 cm³/mol. The van der Waals surface area contributed by atoms with Gasteiger partial charge in [0.15, 0.2) is 0 Å². The van der Waals surface area contributed by atoms with E-state index in [-0.39, 0.29) is 23.5 Å². The Hall–Kier alpha value is -2.90. The normalized spacial score (nSPS) is 10.4. The fourth-order valence-electron chi connectivity index (χ4n) is 1.73. The topological polar surface area (TPSA) is 119 Å². The highest BCUT2D eigenvalue weighted by molar-refractivity contribution is 5.98. The number of aromatic hydroxyl groups is 1. The molecule has 2 rings (SSSR count). The molecule has 0 bridgehead atoms. The Morgan fingerprint density at radius 2 is 2.19 bits per heavy atom. The summed E-state index contributed by atoms with van der Waals surface area (Å²) in [5.74, 6) is 0.0309. The van der Waals surface area contributed by atoms with E-state index in [1.165, 1.54) is 0 Å².